The van der Waals surface area contributed by atoms with Gasteiger partial charge in [-0.2, -0.15) is 8.42 Å². The fourth-order valence-corrected chi connectivity index (χ4v) is 1.77. The molecule has 5 nitrogen and oxygen atoms in total. The van der Waals surface area contributed by atoms with Crippen LogP contribution in [0.5, 0.6) is 0 Å². The molecule has 0 spiro atoms. The third kappa shape index (κ3) is 9.46. The summed E-state index contributed by atoms with van der Waals surface area (Å²) in [6.45, 7) is 7.54. The van der Waals surface area contributed by atoms with Crippen LogP contribution in [0, 0.1) is 5.92 Å². The fraction of sp³-hybridized carbons (Fsp3) is 0.286. The van der Waals surface area contributed by atoms with Crippen LogP contribution >= 0.6 is 0 Å². The highest BCUT2D eigenvalue weighted by Crippen LogP contribution is 2.25. The van der Waals surface area contributed by atoms with Crippen molar-refractivity contribution in [2.45, 2.75) is 18.9 Å². The second-order valence-corrected chi connectivity index (χ2v) is 5.09. The van der Waals surface area contributed by atoms with Gasteiger partial charge in [0.25, 0.3) is 0 Å². The highest BCUT2D eigenvalue weighted by Gasteiger charge is 2.16. The molecule has 0 radical (unpaired) electrons. The van der Waals surface area contributed by atoms with E-state index in [9.17, 15) is 0 Å². The smallest absolute Gasteiger partial charge is 0.324 e. The maximum Gasteiger partial charge on any atom is 0.394 e. The molecule has 0 amide bonds. The van der Waals surface area contributed by atoms with Crippen LogP contribution in [-0.4, -0.2) is 17.5 Å². The standard InChI is InChI=1S/C14H19N.H2O4S/c1-3-8-12(9-4-2)14(15)13-10-6-5-7-11-13;1-5(2,3)4/h3-7,10-12,14H,1-2,8-9,15H2;(H2,1,2,3,4). The van der Waals surface area contributed by atoms with Crippen molar-refractivity contribution in [2.75, 3.05) is 0 Å². The maximum atomic E-state index is 8.74. The van der Waals surface area contributed by atoms with Crippen molar-refractivity contribution < 1.29 is 17.5 Å². The number of hydrogen-bond acceptors (Lipinski definition) is 3. The summed E-state index contributed by atoms with van der Waals surface area (Å²) in [6.07, 6.45) is 5.72. The topological polar surface area (TPSA) is 101 Å². The predicted octanol–water partition coefficient (Wildman–Crippen LogP) is 2.80. The molecule has 20 heavy (non-hydrogen) atoms. The van der Waals surface area contributed by atoms with Crippen LogP contribution < -0.4 is 5.73 Å². The Morgan fingerprint density at radius 3 is 1.85 bits per heavy atom. The Hall–Kier alpha value is -1.47. The van der Waals surface area contributed by atoms with E-state index in [2.05, 4.69) is 25.3 Å². The first-order valence-electron chi connectivity index (χ1n) is 6.01. The summed E-state index contributed by atoms with van der Waals surface area (Å²) in [5.74, 6) is 0.405. The quantitative estimate of drug-likeness (QED) is 0.554. The first-order valence-corrected chi connectivity index (χ1v) is 7.41. The number of rotatable bonds is 6. The van der Waals surface area contributed by atoms with E-state index in [4.69, 9.17) is 23.3 Å². The van der Waals surface area contributed by atoms with Crippen molar-refractivity contribution in [3.63, 3.8) is 0 Å². The van der Waals surface area contributed by atoms with Gasteiger partial charge in [-0.05, 0) is 24.3 Å². The van der Waals surface area contributed by atoms with Crippen molar-refractivity contribution >= 4 is 10.4 Å². The fourth-order valence-electron chi connectivity index (χ4n) is 1.77. The monoisotopic (exact) mass is 299 g/mol. The van der Waals surface area contributed by atoms with Gasteiger partial charge in [0, 0.05) is 6.04 Å². The van der Waals surface area contributed by atoms with E-state index in [1.54, 1.807) is 0 Å². The molecule has 4 N–H and O–H groups in total. The number of benzene rings is 1. The molecule has 0 fully saturated rings. The summed E-state index contributed by atoms with van der Waals surface area (Å²) < 4.78 is 31.6. The average Bonchev–Trinajstić information content (AvgIpc) is 2.37. The third-order valence-corrected chi connectivity index (χ3v) is 2.63. The number of allylic oxidation sites excluding steroid dienone is 2. The largest absolute Gasteiger partial charge is 0.394 e. The Balaban J connectivity index is 0.000000621. The molecule has 0 saturated carbocycles. The highest BCUT2D eigenvalue weighted by molar-refractivity contribution is 7.79. The van der Waals surface area contributed by atoms with Gasteiger partial charge in [-0.15, -0.1) is 13.2 Å². The Labute approximate surface area is 120 Å². The predicted molar refractivity (Wildman–Crippen MR) is 80.7 cm³/mol. The minimum absolute atomic E-state index is 0.0715. The first-order chi connectivity index (χ1) is 9.29. The molecule has 0 bridgehead atoms. The maximum absolute atomic E-state index is 8.74. The zero-order chi connectivity index (χ0) is 15.6. The van der Waals surface area contributed by atoms with E-state index >= 15 is 0 Å². The van der Waals surface area contributed by atoms with Gasteiger partial charge in [0.05, 0.1) is 0 Å². The van der Waals surface area contributed by atoms with Crippen LogP contribution in [0.1, 0.15) is 24.4 Å². The van der Waals surface area contributed by atoms with Gasteiger partial charge in [-0.1, -0.05) is 42.5 Å². The van der Waals surface area contributed by atoms with Crippen LogP contribution in [0.15, 0.2) is 55.6 Å². The SMILES string of the molecule is C=CCC(CC=C)C(N)c1ccccc1.O=S(=O)(O)O. The summed E-state index contributed by atoms with van der Waals surface area (Å²) in [4.78, 5) is 0. The normalized spacial score (nSPS) is 12.2. The molecule has 112 valence electrons. The average molecular weight is 299 g/mol. The van der Waals surface area contributed by atoms with E-state index in [0.717, 1.165) is 12.8 Å². The first kappa shape index (κ1) is 18.5. The number of hydrogen-bond donors (Lipinski definition) is 3. The Kier molecular flexibility index (Phi) is 8.74. The van der Waals surface area contributed by atoms with E-state index in [-0.39, 0.29) is 6.04 Å². The lowest BCUT2D eigenvalue weighted by atomic mass is 9.88. The molecule has 1 atom stereocenters. The van der Waals surface area contributed by atoms with Crippen LogP contribution in [-0.2, 0) is 10.4 Å². The molecular weight excluding hydrogens is 278 g/mol. The van der Waals surface area contributed by atoms with Gasteiger partial charge in [-0.3, -0.25) is 9.11 Å². The van der Waals surface area contributed by atoms with E-state index in [1.165, 1.54) is 5.56 Å². The lowest BCUT2D eigenvalue weighted by molar-refractivity contribution is 0.381. The van der Waals surface area contributed by atoms with Crippen molar-refractivity contribution in [3.05, 3.63) is 61.2 Å². The molecule has 1 aromatic rings. The van der Waals surface area contributed by atoms with Crippen LogP contribution in [0.2, 0.25) is 0 Å². The molecule has 0 aromatic heterocycles. The van der Waals surface area contributed by atoms with Gasteiger partial charge in [0.2, 0.25) is 0 Å². The molecule has 6 heteroatoms. The summed E-state index contributed by atoms with van der Waals surface area (Å²) in [7, 11) is -4.67. The van der Waals surface area contributed by atoms with Crippen LogP contribution in [0.3, 0.4) is 0 Å². The minimum Gasteiger partial charge on any atom is -0.324 e. The second-order valence-electron chi connectivity index (χ2n) is 4.19. The molecule has 0 aliphatic carbocycles. The van der Waals surface area contributed by atoms with Crippen LogP contribution in [0.25, 0.3) is 0 Å². The molecule has 1 rings (SSSR count). The molecule has 0 saturated heterocycles. The van der Waals surface area contributed by atoms with E-state index < -0.39 is 10.4 Å². The van der Waals surface area contributed by atoms with Crippen molar-refractivity contribution in [3.8, 4) is 0 Å². The lowest BCUT2D eigenvalue weighted by Gasteiger charge is -2.21. The van der Waals surface area contributed by atoms with Gasteiger partial charge >= 0.3 is 10.4 Å². The summed E-state index contributed by atoms with van der Waals surface area (Å²) in [5, 5.41) is 0. The number of nitrogens with two attached hydrogens (primary N) is 1. The molecule has 1 unspecified atom stereocenters. The molecule has 0 aliphatic rings. The molecule has 0 aliphatic heterocycles. The molecule has 0 heterocycles. The van der Waals surface area contributed by atoms with Crippen molar-refractivity contribution in [1.29, 1.82) is 0 Å². The Morgan fingerprint density at radius 2 is 1.50 bits per heavy atom. The summed E-state index contributed by atoms with van der Waals surface area (Å²) in [6, 6.07) is 10.3. The Morgan fingerprint density at radius 1 is 1.10 bits per heavy atom. The van der Waals surface area contributed by atoms with Gasteiger partial charge in [0.15, 0.2) is 0 Å². The summed E-state index contributed by atoms with van der Waals surface area (Å²) >= 11 is 0. The van der Waals surface area contributed by atoms with Crippen molar-refractivity contribution in [2.24, 2.45) is 11.7 Å². The molecular formula is C14H21NO4S. The summed E-state index contributed by atoms with van der Waals surface area (Å²) in [5.41, 5.74) is 7.40. The van der Waals surface area contributed by atoms with E-state index in [0.29, 0.717) is 5.92 Å². The Bertz CT molecular complexity index is 481. The highest BCUT2D eigenvalue weighted by atomic mass is 32.3. The van der Waals surface area contributed by atoms with Gasteiger partial charge in [-0.25, -0.2) is 0 Å². The lowest BCUT2D eigenvalue weighted by Crippen LogP contribution is -2.20. The zero-order valence-electron chi connectivity index (χ0n) is 11.2. The van der Waals surface area contributed by atoms with Gasteiger partial charge in [0.1, 0.15) is 0 Å². The van der Waals surface area contributed by atoms with Gasteiger partial charge < -0.3 is 5.73 Å². The molecule has 1 aromatic carbocycles. The second kappa shape index (κ2) is 9.44. The van der Waals surface area contributed by atoms with E-state index in [1.807, 2.05) is 30.4 Å². The minimum atomic E-state index is -4.67. The third-order valence-electron chi connectivity index (χ3n) is 2.63. The zero-order valence-corrected chi connectivity index (χ0v) is 12.0. The van der Waals surface area contributed by atoms with Crippen molar-refractivity contribution in [1.82, 2.24) is 0 Å². The van der Waals surface area contributed by atoms with Crippen LogP contribution in [0.4, 0.5) is 0 Å².